The number of benzene rings is 2. The minimum absolute atomic E-state index is 0.00583. The van der Waals surface area contributed by atoms with Crippen LogP contribution in [-0.4, -0.2) is 28.0 Å². The van der Waals surface area contributed by atoms with Crippen molar-refractivity contribution in [2.75, 3.05) is 11.9 Å². The highest BCUT2D eigenvalue weighted by molar-refractivity contribution is 6.30. The molecule has 7 nitrogen and oxygen atoms in total. The number of esters is 1. The fourth-order valence-electron chi connectivity index (χ4n) is 2.87. The van der Waals surface area contributed by atoms with Crippen LogP contribution >= 0.6 is 11.6 Å². The maximum Gasteiger partial charge on any atom is 0.306 e. The van der Waals surface area contributed by atoms with Gasteiger partial charge in [0.2, 0.25) is 0 Å². The van der Waals surface area contributed by atoms with E-state index >= 15 is 0 Å². The summed E-state index contributed by atoms with van der Waals surface area (Å²) in [5.41, 5.74) is 1.82. The lowest BCUT2D eigenvalue weighted by Crippen LogP contribution is -2.24. The Labute approximate surface area is 172 Å². The molecule has 3 rings (SSSR count). The third kappa shape index (κ3) is 5.00. The summed E-state index contributed by atoms with van der Waals surface area (Å²) in [6.45, 7) is 1.42. The van der Waals surface area contributed by atoms with Crippen LogP contribution in [0.2, 0.25) is 5.02 Å². The molecule has 150 valence electrons. The first-order valence-electron chi connectivity index (χ1n) is 9.01. The predicted octanol–water partition coefficient (Wildman–Crippen LogP) is 3.01. The molecular weight excluding hydrogens is 394 g/mol. The molecule has 3 aromatic rings. The van der Waals surface area contributed by atoms with Gasteiger partial charge in [-0.05, 0) is 42.8 Å². The summed E-state index contributed by atoms with van der Waals surface area (Å²) < 4.78 is 6.45. The standard InChI is InChI=1S/C21H20ClN3O4/c1-13-11-14(22)7-8-16(13)24-19(26)12-29-20(27)10-9-18-23-17-6-4-3-5-15(17)21(28)25(18)2/h3-8,11H,9-10,12H2,1-2H3,(H,24,26). The summed E-state index contributed by atoms with van der Waals surface area (Å²) in [5.74, 6) is -0.512. The maximum absolute atomic E-state index is 12.4. The lowest BCUT2D eigenvalue weighted by molar-refractivity contribution is -0.147. The van der Waals surface area contributed by atoms with E-state index in [1.54, 1.807) is 49.5 Å². The Balaban J connectivity index is 1.55. The Morgan fingerprint density at radius 3 is 2.72 bits per heavy atom. The fraction of sp³-hybridized carbons (Fsp3) is 0.238. The van der Waals surface area contributed by atoms with Crippen molar-refractivity contribution >= 4 is 40.1 Å². The van der Waals surface area contributed by atoms with Gasteiger partial charge >= 0.3 is 5.97 Å². The van der Waals surface area contributed by atoms with Gasteiger partial charge in [-0.1, -0.05) is 23.7 Å². The molecule has 0 spiro atoms. The van der Waals surface area contributed by atoms with Gasteiger partial charge in [-0.3, -0.25) is 19.0 Å². The Bertz CT molecular complexity index is 1140. The van der Waals surface area contributed by atoms with Crippen LogP contribution in [0, 0.1) is 6.92 Å². The second-order valence-electron chi connectivity index (χ2n) is 6.58. The molecule has 0 aliphatic heterocycles. The number of aryl methyl sites for hydroxylation is 2. The van der Waals surface area contributed by atoms with E-state index < -0.39 is 18.5 Å². The topological polar surface area (TPSA) is 90.3 Å². The van der Waals surface area contributed by atoms with Crippen LogP contribution in [0.15, 0.2) is 47.3 Å². The van der Waals surface area contributed by atoms with E-state index in [0.717, 1.165) is 5.56 Å². The predicted molar refractivity (Wildman–Crippen MR) is 111 cm³/mol. The van der Waals surface area contributed by atoms with E-state index in [9.17, 15) is 14.4 Å². The summed E-state index contributed by atoms with van der Waals surface area (Å²) in [4.78, 5) is 40.8. The first kappa shape index (κ1) is 20.5. The number of nitrogens with zero attached hydrogens (tertiary/aromatic N) is 2. The fourth-order valence-corrected chi connectivity index (χ4v) is 3.10. The molecule has 0 unspecified atom stereocenters. The van der Waals surface area contributed by atoms with E-state index in [2.05, 4.69) is 10.3 Å². The summed E-state index contributed by atoms with van der Waals surface area (Å²) in [5, 5.41) is 3.77. The van der Waals surface area contributed by atoms with Gasteiger partial charge in [-0.15, -0.1) is 0 Å². The van der Waals surface area contributed by atoms with Gasteiger partial charge in [0.15, 0.2) is 6.61 Å². The minimum Gasteiger partial charge on any atom is -0.456 e. The highest BCUT2D eigenvalue weighted by atomic mass is 35.5. The second kappa shape index (κ2) is 8.87. The van der Waals surface area contributed by atoms with Crippen LogP contribution in [0.4, 0.5) is 5.69 Å². The number of amides is 1. The number of carbonyl (C=O) groups excluding carboxylic acids is 2. The van der Waals surface area contributed by atoms with Crippen LogP contribution < -0.4 is 10.9 Å². The Morgan fingerprint density at radius 1 is 1.21 bits per heavy atom. The Kier molecular flexibility index (Phi) is 6.29. The van der Waals surface area contributed by atoms with Gasteiger partial charge in [0, 0.05) is 24.2 Å². The quantitative estimate of drug-likeness (QED) is 0.627. The molecule has 1 amide bonds. The normalized spacial score (nSPS) is 10.7. The van der Waals surface area contributed by atoms with Gasteiger partial charge in [-0.25, -0.2) is 4.98 Å². The molecule has 0 aliphatic carbocycles. The molecule has 0 bridgehead atoms. The zero-order valence-corrected chi connectivity index (χ0v) is 16.8. The molecule has 0 saturated carbocycles. The van der Waals surface area contributed by atoms with Crippen molar-refractivity contribution in [3.05, 3.63) is 69.2 Å². The summed E-state index contributed by atoms with van der Waals surface area (Å²) in [7, 11) is 1.62. The average Bonchev–Trinajstić information content (AvgIpc) is 2.70. The molecule has 8 heteroatoms. The number of rotatable bonds is 6. The van der Waals surface area contributed by atoms with Crippen LogP contribution in [0.3, 0.4) is 0 Å². The van der Waals surface area contributed by atoms with E-state index in [0.29, 0.717) is 27.4 Å². The molecular formula is C21H20ClN3O4. The summed E-state index contributed by atoms with van der Waals surface area (Å²) in [6.07, 6.45) is 0.235. The SMILES string of the molecule is Cc1cc(Cl)ccc1NC(=O)COC(=O)CCc1nc2ccccc2c(=O)n1C. The lowest BCUT2D eigenvalue weighted by Gasteiger charge is -2.10. The zero-order chi connectivity index (χ0) is 21.0. The van der Waals surface area contributed by atoms with Crippen molar-refractivity contribution < 1.29 is 14.3 Å². The monoisotopic (exact) mass is 413 g/mol. The number of anilines is 1. The Hall–Kier alpha value is -3.19. The number of carbonyl (C=O) groups is 2. The Morgan fingerprint density at radius 2 is 1.97 bits per heavy atom. The van der Waals surface area contributed by atoms with Gasteiger partial charge < -0.3 is 10.1 Å². The molecule has 1 aromatic heterocycles. The molecule has 1 N–H and O–H groups in total. The number of hydrogen-bond donors (Lipinski definition) is 1. The first-order chi connectivity index (χ1) is 13.8. The highest BCUT2D eigenvalue weighted by Gasteiger charge is 2.13. The van der Waals surface area contributed by atoms with E-state index in [4.69, 9.17) is 16.3 Å². The maximum atomic E-state index is 12.4. The second-order valence-corrected chi connectivity index (χ2v) is 7.01. The van der Waals surface area contributed by atoms with Crippen molar-refractivity contribution in [3.8, 4) is 0 Å². The minimum atomic E-state index is -0.546. The van der Waals surface area contributed by atoms with E-state index in [1.807, 2.05) is 6.92 Å². The molecule has 29 heavy (non-hydrogen) atoms. The zero-order valence-electron chi connectivity index (χ0n) is 16.1. The smallest absolute Gasteiger partial charge is 0.306 e. The van der Waals surface area contributed by atoms with Crippen molar-refractivity contribution in [1.82, 2.24) is 9.55 Å². The molecule has 2 aromatic carbocycles. The van der Waals surface area contributed by atoms with Crippen molar-refractivity contribution in [3.63, 3.8) is 0 Å². The first-order valence-corrected chi connectivity index (χ1v) is 9.39. The van der Waals surface area contributed by atoms with E-state index in [1.165, 1.54) is 4.57 Å². The number of para-hydroxylation sites is 1. The average molecular weight is 414 g/mol. The van der Waals surface area contributed by atoms with Crippen LogP contribution in [0.25, 0.3) is 10.9 Å². The molecule has 1 heterocycles. The van der Waals surface area contributed by atoms with Crippen LogP contribution in [0.5, 0.6) is 0 Å². The van der Waals surface area contributed by atoms with Gasteiger partial charge in [0.1, 0.15) is 5.82 Å². The number of nitrogens with one attached hydrogen (secondary N) is 1. The third-order valence-corrected chi connectivity index (χ3v) is 4.69. The van der Waals surface area contributed by atoms with Crippen LogP contribution in [-0.2, 0) is 27.8 Å². The molecule has 0 atom stereocenters. The molecule has 0 fully saturated rings. The number of fused-ring (bicyclic) bond motifs is 1. The van der Waals surface area contributed by atoms with Gasteiger partial charge in [0.05, 0.1) is 17.3 Å². The number of ether oxygens (including phenoxy) is 1. The van der Waals surface area contributed by atoms with Gasteiger partial charge in [0.25, 0.3) is 11.5 Å². The summed E-state index contributed by atoms with van der Waals surface area (Å²) >= 11 is 5.89. The lowest BCUT2D eigenvalue weighted by atomic mass is 10.2. The number of aromatic nitrogens is 2. The largest absolute Gasteiger partial charge is 0.456 e. The van der Waals surface area contributed by atoms with Crippen LogP contribution in [0.1, 0.15) is 17.8 Å². The molecule has 0 aliphatic rings. The van der Waals surface area contributed by atoms with Crippen molar-refractivity contribution in [2.24, 2.45) is 7.05 Å². The van der Waals surface area contributed by atoms with Crippen molar-refractivity contribution in [1.29, 1.82) is 0 Å². The highest BCUT2D eigenvalue weighted by Crippen LogP contribution is 2.19. The number of hydrogen-bond acceptors (Lipinski definition) is 5. The summed E-state index contributed by atoms with van der Waals surface area (Å²) in [6, 6.07) is 12.1. The number of halogens is 1. The third-order valence-electron chi connectivity index (χ3n) is 4.46. The van der Waals surface area contributed by atoms with E-state index in [-0.39, 0.29) is 18.4 Å². The molecule has 0 saturated heterocycles. The molecule has 0 radical (unpaired) electrons. The van der Waals surface area contributed by atoms with Crippen molar-refractivity contribution in [2.45, 2.75) is 19.8 Å². The van der Waals surface area contributed by atoms with Gasteiger partial charge in [-0.2, -0.15) is 0 Å².